The minimum Gasteiger partial charge on any atom is -0.481 e. The third kappa shape index (κ3) is 4.18. The van der Waals surface area contributed by atoms with Gasteiger partial charge in [0.1, 0.15) is 0 Å². The van der Waals surface area contributed by atoms with Crippen LogP contribution in [0.3, 0.4) is 0 Å². The first-order valence-electron chi connectivity index (χ1n) is 7.48. The summed E-state index contributed by atoms with van der Waals surface area (Å²) in [6, 6.07) is 6.31. The van der Waals surface area contributed by atoms with E-state index in [4.69, 9.17) is 4.74 Å². The molecule has 2 atom stereocenters. The van der Waals surface area contributed by atoms with E-state index >= 15 is 0 Å². The summed E-state index contributed by atoms with van der Waals surface area (Å²) in [5.41, 5.74) is 0.913. The number of nitrogens with one attached hydrogen (secondary N) is 1. The van der Waals surface area contributed by atoms with E-state index in [1.54, 1.807) is 37.3 Å². The molecule has 0 heterocycles. The molecule has 1 aromatic carbocycles. The highest BCUT2D eigenvalue weighted by molar-refractivity contribution is 5.96. The van der Waals surface area contributed by atoms with Crippen molar-refractivity contribution in [1.82, 2.24) is 0 Å². The van der Waals surface area contributed by atoms with Gasteiger partial charge < -0.3 is 15.2 Å². The van der Waals surface area contributed by atoms with Crippen LogP contribution in [0.15, 0.2) is 36.4 Å². The number of carbonyl (C=O) groups excluding carboxylic acids is 2. The van der Waals surface area contributed by atoms with Gasteiger partial charge in [0.2, 0.25) is 5.91 Å². The van der Waals surface area contributed by atoms with Gasteiger partial charge >= 0.3 is 11.9 Å². The number of benzene rings is 1. The number of amides is 1. The molecular formula is C17H19NO5. The molecular weight excluding hydrogens is 298 g/mol. The van der Waals surface area contributed by atoms with E-state index in [0.29, 0.717) is 30.7 Å². The molecule has 0 aromatic heterocycles. The normalized spacial score (nSPS) is 19.9. The van der Waals surface area contributed by atoms with Gasteiger partial charge in [0.05, 0.1) is 24.0 Å². The standard InChI is InChI=1S/C17H19NO5/c1-2-23-17(22)11-7-9-12(10-8-11)18-15(19)13-5-3-4-6-14(13)16(20)21/h3-4,7-10,13-14H,2,5-6H2,1H3,(H,18,19)(H,20,21)/t13-,14+/m1/s1. The lowest BCUT2D eigenvalue weighted by atomic mass is 9.82. The second-order valence-electron chi connectivity index (χ2n) is 5.28. The minimum atomic E-state index is -0.966. The van der Waals surface area contributed by atoms with Gasteiger partial charge in [-0.3, -0.25) is 9.59 Å². The van der Waals surface area contributed by atoms with Crippen molar-refractivity contribution in [2.75, 3.05) is 11.9 Å². The number of hydrogen-bond donors (Lipinski definition) is 2. The number of carboxylic acids is 1. The second-order valence-corrected chi connectivity index (χ2v) is 5.28. The average Bonchev–Trinajstić information content (AvgIpc) is 2.55. The van der Waals surface area contributed by atoms with Gasteiger partial charge in [-0.15, -0.1) is 0 Å². The molecule has 0 spiro atoms. The fraction of sp³-hybridized carbons (Fsp3) is 0.353. The SMILES string of the molecule is CCOC(=O)c1ccc(NC(=O)[C@@H]2CC=CC[C@@H]2C(=O)O)cc1. The molecule has 122 valence electrons. The maximum atomic E-state index is 12.3. The van der Waals surface area contributed by atoms with Crippen LogP contribution >= 0.6 is 0 Å². The van der Waals surface area contributed by atoms with Crippen LogP contribution in [-0.4, -0.2) is 29.6 Å². The van der Waals surface area contributed by atoms with Gasteiger partial charge in [-0.2, -0.15) is 0 Å². The maximum absolute atomic E-state index is 12.3. The van der Waals surface area contributed by atoms with Crippen LogP contribution in [0.4, 0.5) is 5.69 Å². The molecule has 0 aliphatic heterocycles. The third-order valence-electron chi connectivity index (χ3n) is 3.75. The predicted octanol–water partition coefficient (Wildman–Crippen LogP) is 2.47. The molecule has 1 aliphatic carbocycles. The number of carboxylic acid groups (broad SMARTS) is 1. The summed E-state index contributed by atoms with van der Waals surface area (Å²) in [6.45, 7) is 2.02. The van der Waals surface area contributed by atoms with Crippen molar-refractivity contribution in [2.24, 2.45) is 11.8 Å². The summed E-state index contributed by atoms with van der Waals surface area (Å²) in [5.74, 6) is -3.02. The fourth-order valence-electron chi connectivity index (χ4n) is 2.52. The van der Waals surface area contributed by atoms with E-state index in [2.05, 4.69) is 5.32 Å². The van der Waals surface area contributed by atoms with Crippen LogP contribution in [-0.2, 0) is 14.3 Å². The Balaban J connectivity index is 2.03. The van der Waals surface area contributed by atoms with Crippen LogP contribution < -0.4 is 5.32 Å². The van der Waals surface area contributed by atoms with Crippen molar-refractivity contribution in [3.63, 3.8) is 0 Å². The Bertz CT molecular complexity index is 620. The number of allylic oxidation sites excluding steroid dienone is 2. The Morgan fingerprint density at radius 2 is 1.74 bits per heavy atom. The monoisotopic (exact) mass is 317 g/mol. The number of anilines is 1. The highest BCUT2D eigenvalue weighted by atomic mass is 16.5. The number of carbonyl (C=O) groups is 3. The molecule has 2 rings (SSSR count). The quantitative estimate of drug-likeness (QED) is 0.643. The van der Waals surface area contributed by atoms with Crippen LogP contribution in [0.25, 0.3) is 0 Å². The smallest absolute Gasteiger partial charge is 0.338 e. The Morgan fingerprint density at radius 1 is 1.13 bits per heavy atom. The number of rotatable bonds is 5. The summed E-state index contributed by atoms with van der Waals surface area (Å²) in [4.78, 5) is 35.1. The van der Waals surface area contributed by atoms with Gasteiger partial charge in [-0.25, -0.2) is 4.79 Å². The summed E-state index contributed by atoms with van der Waals surface area (Å²) in [7, 11) is 0. The van der Waals surface area contributed by atoms with E-state index in [-0.39, 0.29) is 5.91 Å². The second kappa shape index (κ2) is 7.58. The van der Waals surface area contributed by atoms with Crippen molar-refractivity contribution >= 4 is 23.5 Å². The van der Waals surface area contributed by atoms with E-state index in [1.165, 1.54) is 0 Å². The Hall–Kier alpha value is -2.63. The van der Waals surface area contributed by atoms with E-state index in [1.807, 2.05) is 6.08 Å². The summed E-state index contributed by atoms with van der Waals surface area (Å²) >= 11 is 0. The van der Waals surface area contributed by atoms with Crippen molar-refractivity contribution in [1.29, 1.82) is 0 Å². The Kier molecular flexibility index (Phi) is 5.51. The molecule has 2 N–H and O–H groups in total. The Morgan fingerprint density at radius 3 is 2.30 bits per heavy atom. The van der Waals surface area contributed by atoms with Crippen LogP contribution in [0, 0.1) is 11.8 Å². The fourth-order valence-corrected chi connectivity index (χ4v) is 2.52. The lowest BCUT2D eigenvalue weighted by Gasteiger charge is -2.24. The first-order valence-corrected chi connectivity index (χ1v) is 7.48. The van der Waals surface area contributed by atoms with Gasteiger partial charge in [-0.1, -0.05) is 12.2 Å². The molecule has 0 saturated carbocycles. The third-order valence-corrected chi connectivity index (χ3v) is 3.75. The molecule has 23 heavy (non-hydrogen) atoms. The first-order chi connectivity index (χ1) is 11.0. The van der Waals surface area contributed by atoms with E-state index in [9.17, 15) is 19.5 Å². The number of ether oxygens (including phenoxy) is 1. The zero-order valence-corrected chi connectivity index (χ0v) is 12.8. The molecule has 0 fully saturated rings. The Labute approximate surface area is 134 Å². The molecule has 0 bridgehead atoms. The van der Waals surface area contributed by atoms with Gasteiger partial charge in [0.15, 0.2) is 0 Å². The molecule has 0 unspecified atom stereocenters. The molecule has 1 aromatic rings. The molecule has 6 heteroatoms. The largest absolute Gasteiger partial charge is 0.481 e. The summed E-state index contributed by atoms with van der Waals surface area (Å²) in [6.07, 6.45) is 4.38. The van der Waals surface area contributed by atoms with Crippen molar-refractivity contribution in [3.8, 4) is 0 Å². The first kappa shape index (κ1) is 16.7. The van der Waals surface area contributed by atoms with Gasteiger partial charge in [0.25, 0.3) is 0 Å². The number of esters is 1. The number of aliphatic carboxylic acids is 1. The number of hydrogen-bond acceptors (Lipinski definition) is 4. The zero-order chi connectivity index (χ0) is 16.8. The maximum Gasteiger partial charge on any atom is 0.338 e. The van der Waals surface area contributed by atoms with Crippen molar-refractivity contribution in [3.05, 3.63) is 42.0 Å². The predicted molar refractivity (Wildman–Crippen MR) is 84.0 cm³/mol. The molecule has 1 aliphatic rings. The topological polar surface area (TPSA) is 92.7 Å². The van der Waals surface area contributed by atoms with Crippen LogP contribution in [0.1, 0.15) is 30.1 Å². The lowest BCUT2D eigenvalue weighted by Crippen LogP contribution is -2.34. The highest BCUT2D eigenvalue weighted by Crippen LogP contribution is 2.27. The average molecular weight is 317 g/mol. The van der Waals surface area contributed by atoms with Gasteiger partial charge in [-0.05, 0) is 44.0 Å². The zero-order valence-electron chi connectivity index (χ0n) is 12.8. The molecule has 0 radical (unpaired) electrons. The molecule has 6 nitrogen and oxygen atoms in total. The highest BCUT2D eigenvalue weighted by Gasteiger charge is 2.33. The van der Waals surface area contributed by atoms with Crippen LogP contribution in [0.5, 0.6) is 0 Å². The van der Waals surface area contributed by atoms with Crippen molar-refractivity contribution in [2.45, 2.75) is 19.8 Å². The summed E-state index contributed by atoms with van der Waals surface area (Å²) in [5, 5.41) is 11.9. The molecule has 1 amide bonds. The minimum absolute atomic E-state index is 0.295. The van der Waals surface area contributed by atoms with Crippen LogP contribution in [0.2, 0.25) is 0 Å². The van der Waals surface area contributed by atoms with Crippen molar-refractivity contribution < 1.29 is 24.2 Å². The van der Waals surface area contributed by atoms with E-state index < -0.39 is 23.8 Å². The lowest BCUT2D eigenvalue weighted by molar-refractivity contribution is -0.146. The van der Waals surface area contributed by atoms with E-state index in [0.717, 1.165) is 0 Å². The summed E-state index contributed by atoms with van der Waals surface area (Å²) < 4.78 is 4.89. The van der Waals surface area contributed by atoms with Gasteiger partial charge in [0, 0.05) is 5.69 Å². The molecule has 0 saturated heterocycles.